The van der Waals surface area contributed by atoms with Crippen molar-refractivity contribution < 1.29 is 91.3 Å². The summed E-state index contributed by atoms with van der Waals surface area (Å²) in [6.45, 7) is 2.26. The molecule has 4 heterocycles. The number of anilines is 1. The molecule has 32 heteroatoms. The van der Waals surface area contributed by atoms with Gasteiger partial charge in [0.15, 0.2) is 0 Å². The second kappa shape index (κ2) is 28.4. The van der Waals surface area contributed by atoms with Crippen molar-refractivity contribution in [1.82, 2.24) is 51.0 Å². The van der Waals surface area contributed by atoms with E-state index in [0.717, 1.165) is 52.4 Å². The van der Waals surface area contributed by atoms with Crippen molar-refractivity contribution in [3.8, 4) is 23.1 Å². The number of carbonyl (C=O) groups excluding carboxylic acids is 4. The molecule has 0 spiro atoms. The SMILES string of the molecule is CCCC1CN(c2ncc(C#Cc3ccc(C[C@H](NC(=O)C(NC(=O)OC)C(C)(C)C(F)(F)F)[C@H](CN(Cc4c(F)cc(-c5ccn(C(F)F)n5)cc4F)NC(=O)[C@@H](NC(=O)OC)C(C)(C)C(F)(F)F)O[PH](=O)O)cc3)cn2)CCN1C1COC1. The number of methoxy groups -OCH3 is 2. The summed E-state index contributed by atoms with van der Waals surface area (Å²) < 4.78 is 180. The lowest BCUT2D eigenvalue weighted by molar-refractivity contribution is -0.221. The number of alkyl carbamates (subject to hydrolysis) is 2. The van der Waals surface area contributed by atoms with Crippen molar-refractivity contribution in [1.29, 1.82) is 0 Å². The molecule has 85 heavy (non-hydrogen) atoms. The molecule has 5 N–H and O–H groups in total. The van der Waals surface area contributed by atoms with Crippen LogP contribution in [0.25, 0.3) is 11.3 Å². The Balaban J connectivity index is 1.38. The van der Waals surface area contributed by atoms with E-state index in [1.165, 1.54) is 24.3 Å². The lowest BCUT2D eigenvalue weighted by Gasteiger charge is -2.47. The summed E-state index contributed by atoms with van der Waals surface area (Å²) >= 11 is 0. The van der Waals surface area contributed by atoms with Crippen LogP contribution in [0.3, 0.4) is 0 Å². The van der Waals surface area contributed by atoms with E-state index in [0.29, 0.717) is 93.8 Å². The molecule has 0 aliphatic carbocycles. The van der Waals surface area contributed by atoms with Crippen molar-refractivity contribution in [3.63, 3.8) is 0 Å². The third-order valence-electron chi connectivity index (χ3n) is 14.5. The molecule has 0 bridgehead atoms. The van der Waals surface area contributed by atoms with Crippen molar-refractivity contribution in [3.05, 3.63) is 94.9 Å². The molecule has 4 amide bonds. The molecule has 2 aromatic carbocycles. The maximum Gasteiger partial charge on any atom is 0.407 e. The van der Waals surface area contributed by atoms with E-state index in [-0.39, 0.29) is 15.9 Å². The van der Waals surface area contributed by atoms with Crippen LogP contribution in [0, 0.1) is 34.3 Å². The summed E-state index contributed by atoms with van der Waals surface area (Å²) in [5, 5.41) is 9.88. The van der Waals surface area contributed by atoms with Gasteiger partial charge < -0.3 is 44.5 Å². The number of carbonyl (C=O) groups is 4. The van der Waals surface area contributed by atoms with Crippen molar-refractivity contribution >= 4 is 38.2 Å². The van der Waals surface area contributed by atoms with Gasteiger partial charge in [-0.3, -0.25) is 24.5 Å². The van der Waals surface area contributed by atoms with Crippen LogP contribution in [-0.2, 0) is 45.9 Å². The Kier molecular flexibility index (Phi) is 22.4. The van der Waals surface area contributed by atoms with E-state index < -0.39 is 128 Å². The fraction of sp³-hybridized carbons (Fsp3) is 0.528. The Morgan fingerprint density at radius 3 is 1.89 bits per heavy atom. The second-order valence-electron chi connectivity index (χ2n) is 21.1. The molecule has 2 fully saturated rings. The number of ether oxygens (including phenoxy) is 3. The van der Waals surface area contributed by atoms with Crippen LogP contribution in [0.1, 0.15) is 76.3 Å². The predicted octanol–water partition coefficient (Wildman–Crippen LogP) is 7.06. The second-order valence-corrected chi connectivity index (χ2v) is 21.9. The minimum absolute atomic E-state index is 0.174. The van der Waals surface area contributed by atoms with Gasteiger partial charge in [-0.25, -0.2) is 38.0 Å². The Morgan fingerprint density at radius 2 is 1.40 bits per heavy atom. The minimum Gasteiger partial charge on any atom is -0.453 e. The maximum atomic E-state index is 16.2. The zero-order chi connectivity index (χ0) is 62.8. The van der Waals surface area contributed by atoms with E-state index in [1.807, 2.05) is 10.7 Å². The van der Waals surface area contributed by atoms with Crippen molar-refractivity contribution in [2.75, 3.05) is 58.5 Å². The van der Waals surface area contributed by atoms with Crippen LogP contribution < -0.4 is 26.3 Å². The van der Waals surface area contributed by atoms with E-state index in [4.69, 9.17) is 9.26 Å². The number of alkyl halides is 8. The molecule has 6 atom stereocenters. The van der Waals surface area contributed by atoms with Gasteiger partial charge in [0.2, 0.25) is 11.9 Å². The van der Waals surface area contributed by atoms with Gasteiger partial charge in [-0.2, -0.15) is 40.2 Å². The summed E-state index contributed by atoms with van der Waals surface area (Å²) in [6, 6.07) is 1.63. The molecular formula is C53H64F10N11O10P. The molecule has 2 saturated heterocycles. The van der Waals surface area contributed by atoms with Crippen LogP contribution in [0.5, 0.6) is 0 Å². The number of rotatable bonds is 23. The Labute approximate surface area is 482 Å². The first kappa shape index (κ1) is 67.0. The molecule has 4 aromatic rings. The third kappa shape index (κ3) is 17.1. The van der Waals surface area contributed by atoms with Gasteiger partial charge in [-0.1, -0.05) is 37.3 Å². The number of nitrogens with zero attached hydrogens (tertiary/aromatic N) is 7. The van der Waals surface area contributed by atoms with Gasteiger partial charge in [0.05, 0.1) is 61.6 Å². The largest absolute Gasteiger partial charge is 0.453 e. The highest BCUT2D eigenvalue weighted by atomic mass is 31.1. The van der Waals surface area contributed by atoms with Gasteiger partial charge in [0.1, 0.15) is 29.8 Å². The lowest BCUT2D eigenvalue weighted by Crippen LogP contribution is -2.63. The number of piperazine rings is 1. The molecular weight excluding hydrogens is 1170 g/mol. The molecule has 6 rings (SSSR count). The molecule has 0 saturated carbocycles. The number of hydrogen-bond acceptors (Lipinski definition) is 15. The summed E-state index contributed by atoms with van der Waals surface area (Å²) in [5.41, 5.74) is -5.06. The van der Waals surface area contributed by atoms with Gasteiger partial charge in [0.25, 0.3) is 5.91 Å². The smallest absolute Gasteiger partial charge is 0.407 e. The van der Waals surface area contributed by atoms with Crippen LogP contribution >= 0.6 is 8.25 Å². The Hall–Kier alpha value is -7.10. The van der Waals surface area contributed by atoms with Crippen LogP contribution in [-0.4, -0.2) is 161 Å². The molecule has 2 aliphatic heterocycles. The van der Waals surface area contributed by atoms with E-state index in [9.17, 15) is 63.8 Å². The van der Waals surface area contributed by atoms with Gasteiger partial charge >= 0.3 is 39.3 Å². The van der Waals surface area contributed by atoms with E-state index in [2.05, 4.69) is 58.4 Å². The quantitative estimate of drug-likeness (QED) is 0.0216. The molecule has 2 aromatic heterocycles. The van der Waals surface area contributed by atoms with Crippen LogP contribution in [0.2, 0.25) is 0 Å². The number of hydrazine groups is 1. The average molecular weight is 1240 g/mol. The van der Waals surface area contributed by atoms with Crippen molar-refractivity contribution in [2.24, 2.45) is 10.8 Å². The van der Waals surface area contributed by atoms with E-state index >= 15 is 8.78 Å². The number of halogens is 10. The first-order chi connectivity index (χ1) is 39.9. The summed E-state index contributed by atoms with van der Waals surface area (Å²) in [6.07, 6.45) is -10.4. The number of nitrogens with one attached hydrogen (secondary N) is 4. The van der Waals surface area contributed by atoms with Crippen molar-refractivity contribution in [2.45, 2.75) is 116 Å². The fourth-order valence-corrected chi connectivity index (χ4v) is 9.73. The Morgan fingerprint density at radius 1 is 0.835 bits per heavy atom. The molecule has 2 aliphatic rings. The van der Waals surface area contributed by atoms with Gasteiger partial charge in [0, 0.05) is 74.0 Å². The van der Waals surface area contributed by atoms with Crippen LogP contribution in [0.4, 0.5) is 59.4 Å². The summed E-state index contributed by atoms with van der Waals surface area (Å²) in [5.74, 6) is 0.0757. The molecule has 466 valence electrons. The first-order valence-corrected chi connectivity index (χ1v) is 27.5. The highest BCUT2D eigenvalue weighted by Crippen LogP contribution is 2.42. The topological polar surface area (TPSA) is 244 Å². The normalized spacial score (nSPS) is 17.2. The summed E-state index contributed by atoms with van der Waals surface area (Å²) in [4.78, 5) is 77.5. The zero-order valence-corrected chi connectivity index (χ0v) is 47.9. The molecule has 0 radical (unpaired) electrons. The predicted molar refractivity (Wildman–Crippen MR) is 284 cm³/mol. The first-order valence-electron chi connectivity index (χ1n) is 26.3. The third-order valence-corrected chi connectivity index (χ3v) is 15.0. The number of hydrogen-bond donors (Lipinski definition) is 5. The minimum atomic E-state index is -5.29. The highest BCUT2D eigenvalue weighted by molar-refractivity contribution is 7.32. The van der Waals surface area contributed by atoms with Gasteiger partial charge in [-0.15, -0.1) is 0 Å². The Bertz CT molecular complexity index is 3030. The number of benzene rings is 2. The highest BCUT2D eigenvalue weighted by Gasteiger charge is 2.57. The van der Waals surface area contributed by atoms with Gasteiger partial charge in [-0.05, 0) is 76.4 Å². The zero-order valence-electron chi connectivity index (χ0n) is 46.9. The number of aromatic nitrogens is 4. The molecule has 21 nitrogen and oxygen atoms in total. The average Bonchev–Trinajstić information content (AvgIpc) is 4.04. The number of amides is 4. The van der Waals surface area contributed by atoms with E-state index in [1.54, 1.807) is 17.7 Å². The van der Waals surface area contributed by atoms with Crippen LogP contribution in [0.15, 0.2) is 61.1 Å². The fourth-order valence-electron chi connectivity index (χ4n) is 9.24. The monoisotopic (exact) mass is 1240 g/mol. The molecule has 3 unspecified atom stereocenters. The summed E-state index contributed by atoms with van der Waals surface area (Å²) in [7, 11) is -2.77. The lowest BCUT2D eigenvalue weighted by atomic mass is 9.82. The standard InChI is InChI=1S/C53H64F10N11O10P/c1-8-9-34-25-71(18-19-73(34)35-28-83-29-35)47-64-23-32(24-65-47)15-12-30-10-13-31(14-11-30)20-40(66-44(75)42(67-48(77)81-6)50(2,3)52(58,59)60)41(84-85(79)80)27-72(70-45(76)43(68-49(78)82-7)51(4,5)53(61,62)63)26-36-37(54)21-33(22-38(36)55)39-16-17-74(69-39)46(56)57/h10-11,13-14,16-17,21-24,34-35,40-43,46,85H,8-9,18-20,25-29H2,1-7H3,(H,66,75)(H,67,77)(H,68,78)(H,70,76)(H,79,80)/t34?,40-,41-,42?,43+/m0/s1. The maximum absolute atomic E-state index is 16.2.